The molecule has 0 saturated heterocycles. The van der Waals surface area contributed by atoms with Crippen molar-refractivity contribution in [2.75, 3.05) is 0 Å². The van der Waals surface area contributed by atoms with Crippen LogP contribution in [-0.2, 0) is 0 Å². The van der Waals surface area contributed by atoms with Gasteiger partial charge in [-0.25, -0.2) is 4.79 Å². The van der Waals surface area contributed by atoms with Crippen LogP contribution in [0.1, 0.15) is 10.4 Å². The summed E-state index contributed by atoms with van der Waals surface area (Å²) < 4.78 is 8.40. The zero-order valence-corrected chi connectivity index (χ0v) is 8.27. The highest BCUT2D eigenvalue weighted by Gasteiger charge is 2.13. The van der Waals surface area contributed by atoms with E-state index in [1.165, 1.54) is 17.5 Å². The molecule has 76 valence electrons. The number of benzene rings is 1. The third kappa shape index (κ3) is 2.10. The SMILES string of the molecule is O=C(Oc1csnn1)c1ccccc1O. The molecule has 0 saturated carbocycles. The lowest BCUT2D eigenvalue weighted by atomic mass is 10.2. The van der Waals surface area contributed by atoms with Crippen LogP contribution in [0, 0.1) is 0 Å². The molecule has 0 amide bonds. The molecule has 2 aromatic rings. The second kappa shape index (κ2) is 4.05. The molecule has 0 atom stereocenters. The van der Waals surface area contributed by atoms with E-state index in [9.17, 15) is 9.90 Å². The first-order valence-corrected chi connectivity index (χ1v) is 4.88. The van der Waals surface area contributed by atoms with Crippen molar-refractivity contribution in [2.45, 2.75) is 0 Å². The first-order chi connectivity index (χ1) is 7.27. The van der Waals surface area contributed by atoms with Gasteiger partial charge in [0, 0.05) is 0 Å². The monoisotopic (exact) mass is 222 g/mol. The molecule has 1 aromatic carbocycles. The summed E-state index contributed by atoms with van der Waals surface area (Å²) in [5, 5.41) is 14.4. The van der Waals surface area contributed by atoms with Crippen molar-refractivity contribution < 1.29 is 14.6 Å². The summed E-state index contributed by atoms with van der Waals surface area (Å²) in [6.07, 6.45) is 0. The largest absolute Gasteiger partial charge is 0.507 e. The van der Waals surface area contributed by atoms with Crippen LogP contribution in [0.4, 0.5) is 0 Å². The number of phenolic OH excluding ortho intramolecular Hbond substituents is 1. The van der Waals surface area contributed by atoms with Gasteiger partial charge in [0.15, 0.2) is 0 Å². The van der Waals surface area contributed by atoms with Crippen LogP contribution < -0.4 is 4.74 Å². The Labute approximate surface area is 89.1 Å². The Morgan fingerprint density at radius 1 is 1.40 bits per heavy atom. The highest BCUT2D eigenvalue weighted by atomic mass is 32.1. The number of esters is 1. The normalized spacial score (nSPS) is 9.87. The zero-order valence-electron chi connectivity index (χ0n) is 7.45. The molecule has 0 fully saturated rings. The Morgan fingerprint density at radius 2 is 2.20 bits per heavy atom. The molecule has 0 aliphatic heterocycles. The van der Waals surface area contributed by atoms with Crippen LogP contribution in [0.25, 0.3) is 0 Å². The van der Waals surface area contributed by atoms with Crippen molar-refractivity contribution in [3.05, 3.63) is 35.2 Å². The molecule has 0 unspecified atom stereocenters. The van der Waals surface area contributed by atoms with Crippen molar-refractivity contribution in [2.24, 2.45) is 0 Å². The maximum atomic E-state index is 11.5. The van der Waals surface area contributed by atoms with Crippen molar-refractivity contribution in [1.82, 2.24) is 9.59 Å². The van der Waals surface area contributed by atoms with Crippen LogP contribution >= 0.6 is 11.5 Å². The number of aromatic nitrogens is 2. The Bertz CT molecular complexity index is 470. The summed E-state index contributed by atoms with van der Waals surface area (Å²) in [6, 6.07) is 6.14. The fourth-order valence-corrected chi connectivity index (χ4v) is 1.36. The molecule has 0 aliphatic carbocycles. The van der Waals surface area contributed by atoms with Crippen LogP contribution in [0.15, 0.2) is 29.6 Å². The Morgan fingerprint density at radius 3 is 2.87 bits per heavy atom. The number of nitrogens with zero attached hydrogens (tertiary/aromatic N) is 2. The Kier molecular flexibility index (Phi) is 2.59. The van der Waals surface area contributed by atoms with Gasteiger partial charge in [-0.1, -0.05) is 21.7 Å². The standard InChI is InChI=1S/C9H6N2O3S/c12-7-4-2-1-3-6(7)9(13)14-8-5-15-11-10-8/h1-5,12H. The highest BCUT2D eigenvalue weighted by molar-refractivity contribution is 7.03. The number of hydrogen-bond donors (Lipinski definition) is 1. The molecular weight excluding hydrogens is 216 g/mol. The Balaban J connectivity index is 2.19. The van der Waals surface area contributed by atoms with Gasteiger partial charge in [0.25, 0.3) is 5.88 Å². The second-order valence-electron chi connectivity index (χ2n) is 2.65. The number of phenols is 1. The number of aromatic hydroxyl groups is 1. The van der Waals surface area contributed by atoms with Crippen molar-refractivity contribution in [3.63, 3.8) is 0 Å². The number of hydrogen-bond acceptors (Lipinski definition) is 6. The van der Waals surface area contributed by atoms with Crippen LogP contribution in [0.2, 0.25) is 0 Å². The smallest absolute Gasteiger partial charge is 0.348 e. The van der Waals surface area contributed by atoms with Crippen molar-refractivity contribution >= 4 is 17.5 Å². The first kappa shape index (κ1) is 9.60. The minimum Gasteiger partial charge on any atom is -0.507 e. The van der Waals surface area contributed by atoms with E-state index in [0.29, 0.717) is 0 Å². The number of ether oxygens (including phenoxy) is 1. The highest BCUT2D eigenvalue weighted by Crippen LogP contribution is 2.18. The van der Waals surface area contributed by atoms with E-state index in [2.05, 4.69) is 9.59 Å². The van der Waals surface area contributed by atoms with Gasteiger partial charge >= 0.3 is 5.97 Å². The molecular formula is C9H6N2O3S. The zero-order chi connectivity index (χ0) is 10.7. The lowest BCUT2D eigenvalue weighted by Crippen LogP contribution is -2.08. The second-order valence-corrected chi connectivity index (χ2v) is 3.26. The maximum Gasteiger partial charge on any atom is 0.348 e. The number of carbonyl (C=O) groups is 1. The van der Waals surface area contributed by atoms with Gasteiger partial charge in [0.2, 0.25) is 0 Å². The van der Waals surface area contributed by atoms with E-state index in [1.54, 1.807) is 12.1 Å². The van der Waals surface area contributed by atoms with Crippen LogP contribution in [-0.4, -0.2) is 20.7 Å². The van der Waals surface area contributed by atoms with E-state index in [0.717, 1.165) is 11.5 Å². The van der Waals surface area contributed by atoms with Crippen molar-refractivity contribution in [1.29, 1.82) is 0 Å². The molecule has 5 nitrogen and oxygen atoms in total. The number of para-hydroxylation sites is 1. The van der Waals surface area contributed by atoms with Gasteiger partial charge in [-0.15, -0.1) is 0 Å². The van der Waals surface area contributed by atoms with Gasteiger partial charge < -0.3 is 9.84 Å². The topological polar surface area (TPSA) is 72.3 Å². The van der Waals surface area contributed by atoms with Gasteiger partial charge in [-0.2, -0.15) is 0 Å². The maximum absolute atomic E-state index is 11.5. The predicted molar refractivity (Wildman–Crippen MR) is 53.0 cm³/mol. The summed E-state index contributed by atoms with van der Waals surface area (Å²) in [5.41, 5.74) is 0.102. The van der Waals surface area contributed by atoms with Gasteiger partial charge in [-0.3, -0.25) is 0 Å². The molecule has 0 aliphatic rings. The van der Waals surface area contributed by atoms with E-state index >= 15 is 0 Å². The first-order valence-electron chi connectivity index (χ1n) is 4.04. The minimum atomic E-state index is -0.652. The van der Waals surface area contributed by atoms with Gasteiger partial charge in [0.05, 0.1) is 5.38 Å². The summed E-state index contributed by atoms with van der Waals surface area (Å²) in [6.45, 7) is 0. The van der Waals surface area contributed by atoms with E-state index in [4.69, 9.17) is 4.74 Å². The van der Waals surface area contributed by atoms with Gasteiger partial charge in [-0.05, 0) is 23.7 Å². The summed E-state index contributed by atoms with van der Waals surface area (Å²) >= 11 is 1.08. The molecule has 1 aromatic heterocycles. The fourth-order valence-electron chi connectivity index (χ4n) is 0.997. The van der Waals surface area contributed by atoms with Crippen LogP contribution in [0.5, 0.6) is 11.6 Å². The van der Waals surface area contributed by atoms with Crippen LogP contribution in [0.3, 0.4) is 0 Å². The molecule has 6 heteroatoms. The molecule has 15 heavy (non-hydrogen) atoms. The van der Waals surface area contributed by atoms with Gasteiger partial charge in [0.1, 0.15) is 11.3 Å². The Hall–Kier alpha value is -1.95. The molecule has 2 rings (SSSR count). The average Bonchev–Trinajstić information content (AvgIpc) is 2.71. The summed E-state index contributed by atoms with van der Waals surface area (Å²) in [7, 11) is 0. The third-order valence-electron chi connectivity index (χ3n) is 1.66. The lowest BCUT2D eigenvalue weighted by molar-refractivity contribution is 0.0724. The number of carbonyl (C=O) groups excluding carboxylic acids is 1. The molecule has 0 radical (unpaired) electrons. The molecule has 1 heterocycles. The lowest BCUT2D eigenvalue weighted by Gasteiger charge is -2.01. The summed E-state index contributed by atoms with van der Waals surface area (Å²) in [5.74, 6) is -0.639. The molecule has 0 spiro atoms. The third-order valence-corrected chi connectivity index (χ3v) is 2.14. The summed E-state index contributed by atoms with van der Waals surface area (Å²) in [4.78, 5) is 11.5. The van der Waals surface area contributed by atoms with E-state index in [1.807, 2.05) is 0 Å². The van der Waals surface area contributed by atoms with Crippen molar-refractivity contribution in [3.8, 4) is 11.6 Å². The quantitative estimate of drug-likeness (QED) is 0.779. The minimum absolute atomic E-state index is 0.102. The fraction of sp³-hybridized carbons (Fsp3) is 0. The average molecular weight is 222 g/mol. The predicted octanol–water partition coefficient (Wildman–Crippen LogP) is 1.46. The van der Waals surface area contributed by atoms with E-state index < -0.39 is 5.97 Å². The van der Waals surface area contributed by atoms with E-state index in [-0.39, 0.29) is 17.2 Å². The molecule has 1 N–H and O–H groups in total. The number of rotatable bonds is 2. The molecule has 0 bridgehead atoms.